The number of hydrogen-bond acceptors (Lipinski definition) is 4. The molecule has 112 valence electrons. The van der Waals surface area contributed by atoms with Gasteiger partial charge in [-0.05, 0) is 37.1 Å². The van der Waals surface area contributed by atoms with Gasteiger partial charge in [0.25, 0.3) is 0 Å². The fraction of sp³-hybridized carbons (Fsp3) is 0.600. The molecule has 1 fully saturated rings. The largest absolute Gasteiger partial charge is 0.503 e. The molecule has 2 atom stereocenters. The van der Waals surface area contributed by atoms with E-state index in [1.54, 1.807) is 12.1 Å². The van der Waals surface area contributed by atoms with Gasteiger partial charge < -0.3 is 19.8 Å². The first-order chi connectivity index (χ1) is 9.55. The van der Waals surface area contributed by atoms with Crippen LogP contribution in [-0.2, 0) is 6.42 Å². The second-order valence-electron chi connectivity index (χ2n) is 5.34. The van der Waals surface area contributed by atoms with Crippen molar-refractivity contribution in [1.29, 1.82) is 0 Å². The molecule has 1 aromatic rings. The van der Waals surface area contributed by atoms with E-state index in [1.807, 2.05) is 0 Å². The lowest BCUT2D eigenvalue weighted by molar-refractivity contribution is 0.0290. The van der Waals surface area contributed by atoms with Crippen molar-refractivity contribution in [1.82, 2.24) is 4.90 Å². The summed E-state index contributed by atoms with van der Waals surface area (Å²) in [6.07, 6.45) is 1.26. The maximum Gasteiger partial charge on any atom is 0.176 e. The first kappa shape index (κ1) is 15.4. The summed E-state index contributed by atoms with van der Waals surface area (Å²) in [4.78, 5) is 2.34. The zero-order chi connectivity index (χ0) is 14.7. The molecule has 1 aromatic carbocycles. The Kier molecular flexibility index (Phi) is 5.13. The van der Waals surface area contributed by atoms with Gasteiger partial charge in [-0.3, -0.25) is 0 Å². The fourth-order valence-electron chi connectivity index (χ4n) is 2.79. The SMILES string of the molecule is CCN1CCC(O)C(Cc2cc(Cl)c(O)c(OC)c2)C1. The van der Waals surface area contributed by atoms with E-state index >= 15 is 0 Å². The summed E-state index contributed by atoms with van der Waals surface area (Å²) in [7, 11) is 1.50. The minimum absolute atomic E-state index is 0.0303. The topological polar surface area (TPSA) is 52.9 Å². The van der Waals surface area contributed by atoms with Crippen molar-refractivity contribution >= 4 is 11.6 Å². The standard InChI is InChI=1S/C15H22ClNO3/c1-3-17-5-4-13(18)11(9-17)6-10-7-12(16)15(19)14(8-10)20-2/h7-8,11,13,18-19H,3-6,9H2,1-2H3. The smallest absolute Gasteiger partial charge is 0.176 e. The average molecular weight is 300 g/mol. The van der Waals surface area contributed by atoms with E-state index in [-0.39, 0.29) is 22.8 Å². The fourth-order valence-corrected chi connectivity index (χ4v) is 3.02. The van der Waals surface area contributed by atoms with Gasteiger partial charge in [0.05, 0.1) is 18.2 Å². The van der Waals surface area contributed by atoms with E-state index in [4.69, 9.17) is 16.3 Å². The van der Waals surface area contributed by atoms with Crippen LogP contribution >= 0.6 is 11.6 Å². The van der Waals surface area contributed by atoms with Crippen LogP contribution in [0.25, 0.3) is 0 Å². The van der Waals surface area contributed by atoms with Crippen molar-refractivity contribution in [2.24, 2.45) is 5.92 Å². The van der Waals surface area contributed by atoms with Gasteiger partial charge in [0.15, 0.2) is 11.5 Å². The number of nitrogens with zero attached hydrogens (tertiary/aromatic N) is 1. The number of phenols is 1. The van der Waals surface area contributed by atoms with E-state index in [0.717, 1.165) is 38.0 Å². The van der Waals surface area contributed by atoms with Crippen molar-refractivity contribution in [2.75, 3.05) is 26.7 Å². The third kappa shape index (κ3) is 3.37. The summed E-state index contributed by atoms with van der Waals surface area (Å²) in [5.41, 5.74) is 0.978. The number of halogens is 1. The lowest BCUT2D eigenvalue weighted by Crippen LogP contribution is -2.43. The molecule has 0 spiro atoms. The van der Waals surface area contributed by atoms with Crippen molar-refractivity contribution in [2.45, 2.75) is 25.9 Å². The summed E-state index contributed by atoms with van der Waals surface area (Å²) in [6, 6.07) is 3.54. The molecule has 1 aliphatic rings. The van der Waals surface area contributed by atoms with E-state index in [0.29, 0.717) is 5.75 Å². The lowest BCUT2D eigenvalue weighted by Gasteiger charge is -2.35. The Balaban J connectivity index is 2.14. The number of ether oxygens (including phenoxy) is 1. The maximum atomic E-state index is 10.2. The minimum atomic E-state index is -0.281. The second-order valence-corrected chi connectivity index (χ2v) is 5.75. The molecule has 5 heteroatoms. The Hall–Kier alpha value is -0.970. The van der Waals surface area contributed by atoms with E-state index < -0.39 is 0 Å². The van der Waals surface area contributed by atoms with Crippen LogP contribution in [0, 0.1) is 5.92 Å². The van der Waals surface area contributed by atoms with Crippen LogP contribution in [0.1, 0.15) is 18.9 Å². The zero-order valence-corrected chi connectivity index (χ0v) is 12.7. The van der Waals surface area contributed by atoms with Crippen LogP contribution in [0.4, 0.5) is 0 Å². The number of rotatable bonds is 4. The number of aliphatic hydroxyl groups is 1. The Morgan fingerprint density at radius 1 is 1.45 bits per heavy atom. The number of methoxy groups -OCH3 is 1. The van der Waals surface area contributed by atoms with Crippen molar-refractivity contribution < 1.29 is 14.9 Å². The Morgan fingerprint density at radius 2 is 2.20 bits per heavy atom. The van der Waals surface area contributed by atoms with Gasteiger partial charge in [0.1, 0.15) is 0 Å². The highest BCUT2D eigenvalue weighted by Gasteiger charge is 2.27. The van der Waals surface area contributed by atoms with Crippen LogP contribution in [0.2, 0.25) is 5.02 Å². The molecule has 0 aliphatic carbocycles. The molecular weight excluding hydrogens is 278 g/mol. The summed E-state index contributed by atoms with van der Waals surface area (Å²) >= 11 is 6.00. The number of aliphatic hydroxyl groups excluding tert-OH is 1. The third-order valence-corrected chi connectivity index (χ3v) is 4.32. The molecule has 0 aromatic heterocycles. The van der Waals surface area contributed by atoms with Crippen molar-refractivity contribution in [3.63, 3.8) is 0 Å². The zero-order valence-electron chi connectivity index (χ0n) is 12.0. The maximum absolute atomic E-state index is 10.2. The first-order valence-corrected chi connectivity index (χ1v) is 7.38. The highest BCUT2D eigenvalue weighted by atomic mass is 35.5. The Labute approximate surface area is 124 Å². The highest BCUT2D eigenvalue weighted by molar-refractivity contribution is 6.32. The number of phenolic OH excluding ortho intramolecular Hbond substituents is 1. The molecule has 2 N–H and O–H groups in total. The number of aromatic hydroxyl groups is 1. The number of piperidine rings is 1. The van der Waals surface area contributed by atoms with Crippen LogP contribution in [0.3, 0.4) is 0 Å². The first-order valence-electron chi connectivity index (χ1n) is 7.01. The minimum Gasteiger partial charge on any atom is -0.503 e. The van der Waals surface area contributed by atoms with Gasteiger partial charge in [0.2, 0.25) is 0 Å². The number of likely N-dealkylation sites (tertiary alicyclic amines) is 1. The van der Waals surface area contributed by atoms with Gasteiger partial charge in [-0.2, -0.15) is 0 Å². The molecule has 1 heterocycles. The molecule has 0 amide bonds. The molecule has 0 saturated carbocycles. The number of hydrogen-bond donors (Lipinski definition) is 2. The van der Waals surface area contributed by atoms with Crippen molar-refractivity contribution in [3.05, 3.63) is 22.7 Å². The van der Waals surface area contributed by atoms with E-state index in [2.05, 4.69) is 11.8 Å². The molecule has 4 nitrogen and oxygen atoms in total. The predicted octanol–water partition coefficient (Wildman–Crippen LogP) is 2.30. The molecular formula is C15H22ClNO3. The van der Waals surface area contributed by atoms with Gasteiger partial charge in [-0.25, -0.2) is 0 Å². The molecule has 2 unspecified atom stereocenters. The Morgan fingerprint density at radius 3 is 2.85 bits per heavy atom. The molecule has 1 aliphatic heterocycles. The number of benzene rings is 1. The van der Waals surface area contributed by atoms with Crippen LogP contribution in [0.15, 0.2) is 12.1 Å². The van der Waals surface area contributed by atoms with Crippen LogP contribution in [-0.4, -0.2) is 48.0 Å². The summed E-state index contributed by atoms with van der Waals surface area (Å²) in [5.74, 6) is 0.538. The molecule has 1 saturated heterocycles. The quantitative estimate of drug-likeness (QED) is 0.896. The van der Waals surface area contributed by atoms with E-state index in [9.17, 15) is 10.2 Å². The molecule has 20 heavy (non-hydrogen) atoms. The molecule has 2 rings (SSSR count). The highest BCUT2D eigenvalue weighted by Crippen LogP contribution is 2.36. The summed E-state index contributed by atoms with van der Waals surface area (Å²) in [6.45, 7) is 4.98. The molecule has 0 bridgehead atoms. The Bertz CT molecular complexity index is 467. The normalized spacial score (nSPS) is 23.8. The lowest BCUT2D eigenvalue weighted by atomic mass is 9.88. The summed E-state index contributed by atoms with van der Waals surface area (Å²) < 4.78 is 5.12. The van der Waals surface area contributed by atoms with Crippen molar-refractivity contribution in [3.8, 4) is 11.5 Å². The van der Waals surface area contributed by atoms with Gasteiger partial charge in [-0.1, -0.05) is 18.5 Å². The summed E-state index contributed by atoms with van der Waals surface area (Å²) in [5, 5.41) is 20.2. The average Bonchev–Trinajstić information content (AvgIpc) is 2.45. The van der Waals surface area contributed by atoms with Crippen LogP contribution in [0.5, 0.6) is 11.5 Å². The van der Waals surface area contributed by atoms with Crippen LogP contribution < -0.4 is 4.74 Å². The molecule has 0 radical (unpaired) electrons. The second kappa shape index (κ2) is 6.66. The van der Waals surface area contributed by atoms with Gasteiger partial charge in [-0.15, -0.1) is 0 Å². The van der Waals surface area contributed by atoms with E-state index in [1.165, 1.54) is 7.11 Å². The van der Waals surface area contributed by atoms with Gasteiger partial charge >= 0.3 is 0 Å². The predicted molar refractivity (Wildman–Crippen MR) is 79.6 cm³/mol. The third-order valence-electron chi connectivity index (χ3n) is 4.03. The van der Waals surface area contributed by atoms with Gasteiger partial charge in [0, 0.05) is 19.0 Å². The monoisotopic (exact) mass is 299 g/mol.